The third-order valence-electron chi connectivity index (χ3n) is 4.86. The minimum atomic E-state index is 0.617. The molecule has 1 nitrogen and oxygen atoms in total. The average Bonchev–Trinajstić information content (AvgIpc) is 2.44. The van der Waals surface area contributed by atoms with E-state index in [1.165, 1.54) is 35.7 Å². The van der Waals surface area contributed by atoms with E-state index in [9.17, 15) is 0 Å². The summed E-state index contributed by atoms with van der Waals surface area (Å²) in [6.07, 6.45) is 4.03. The number of anilines is 1. The summed E-state index contributed by atoms with van der Waals surface area (Å²) in [6, 6.07) is 13.8. The van der Waals surface area contributed by atoms with E-state index in [-0.39, 0.29) is 0 Å². The van der Waals surface area contributed by atoms with Crippen LogP contribution in [-0.2, 0) is 0 Å². The van der Waals surface area contributed by atoms with Crippen LogP contribution in [0, 0.1) is 11.8 Å². The summed E-state index contributed by atoms with van der Waals surface area (Å²) in [5.41, 5.74) is 1.26. The number of nitrogens with one attached hydrogen (secondary N) is 1. The molecule has 20 heavy (non-hydrogen) atoms. The lowest BCUT2D eigenvalue weighted by molar-refractivity contribution is 0.253. The lowest BCUT2D eigenvalue weighted by atomic mass is 9.78. The Kier molecular flexibility index (Phi) is 4.02. The van der Waals surface area contributed by atoms with Gasteiger partial charge in [-0.3, -0.25) is 0 Å². The largest absolute Gasteiger partial charge is 0.382 e. The van der Waals surface area contributed by atoms with Crippen molar-refractivity contribution in [1.29, 1.82) is 0 Å². The van der Waals surface area contributed by atoms with Crippen molar-refractivity contribution in [3.63, 3.8) is 0 Å². The maximum Gasteiger partial charge on any atom is 0.0348 e. The highest BCUT2D eigenvalue weighted by atomic mass is 79.9. The van der Waals surface area contributed by atoms with Crippen molar-refractivity contribution in [1.82, 2.24) is 0 Å². The Balaban J connectivity index is 1.82. The lowest BCUT2D eigenvalue weighted by Crippen LogP contribution is -2.34. The van der Waals surface area contributed by atoms with Gasteiger partial charge in [-0.15, -0.1) is 0 Å². The van der Waals surface area contributed by atoms with Gasteiger partial charge in [-0.1, -0.05) is 54.8 Å². The number of fused-ring (bicyclic) bond motifs is 1. The van der Waals surface area contributed by atoms with Gasteiger partial charge >= 0.3 is 0 Å². The lowest BCUT2D eigenvalue weighted by Gasteiger charge is -2.35. The molecule has 1 N–H and O–H groups in total. The zero-order valence-corrected chi connectivity index (χ0v) is 13.8. The molecule has 2 aromatic rings. The van der Waals surface area contributed by atoms with Gasteiger partial charge in [0.05, 0.1) is 0 Å². The van der Waals surface area contributed by atoms with Crippen LogP contribution in [-0.4, -0.2) is 6.04 Å². The van der Waals surface area contributed by atoms with Gasteiger partial charge in [-0.2, -0.15) is 0 Å². The quantitative estimate of drug-likeness (QED) is 0.728. The minimum absolute atomic E-state index is 0.617. The van der Waals surface area contributed by atoms with Gasteiger partial charge in [0.25, 0.3) is 0 Å². The monoisotopic (exact) mass is 331 g/mol. The molecule has 0 bridgehead atoms. The molecule has 0 amide bonds. The van der Waals surface area contributed by atoms with Gasteiger partial charge in [0.15, 0.2) is 0 Å². The maximum absolute atomic E-state index is 3.76. The molecule has 0 saturated heterocycles. The maximum atomic E-state index is 3.76. The van der Waals surface area contributed by atoms with Crippen LogP contribution >= 0.6 is 15.9 Å². The summed E-state index contributed by atoms with van der Waals surface area (Å²) in [5, 5.41) is 6.34. The fourth-order valence-electron chi connectivity index (χ4n) is 3.31. The summed E-state index contributed by atoms with van der Waals surface area (Å²) >= 11 is 3.53. The molecule has 0 aromatic heterocycles. The van der Waals surface area contributed by atoms with Gasteiger partial charge in [0.1, 0.15) is 0 Å². The second-order valence-corrected chi connectivity index (χ2v) is 7.14. The first-order valence-corrected chi connectivity index (χ1v) is 8.38. The average molecular weight is 332 g/mol. The molecule has 0 aliphatic heterocycles. The Hall–Kier alpha value is -1.02. The van der Waals surface area contributed by atoms with E-state index in [1.807, 2.05) is 0 Å². The van der Waals surface area contributed by atoms with E-state index in [1.54, 1.807) is 0 Å². The highest BCUT2D eigenvalue weighted by Gasteiger charge is 2.26. The Morgan fingerprint density at radius 2 is 1.75 bits per heavy atom. The molecular weight excluding hydrogens is 310 g/mol. The molecule has 0 spiro atoms. The SMILES string of the molecule is CC1CCCC(Nc2ccc3cc(Br)ccc3c2)C1C. The fraction of sp³-hybridized carbons (Fsp3) is 0.444. The van der Waals surface area contributed by atoms with Gasteiger partial charge in [-0.05, 0) is 53.3 Å². The Morgan fingerprint density at radius 3 is 2.60 bits per heavy atom. The molecule has 0 heterocycles. The van der Waals surface area contributed by atoms with E-state index in [4.69, 9.17) is 0 Å². The van der Waals surface area contributed by atoms with Crippen molar-refractivity contribution in [2.45, 2.75) is 39.2 Å². The summed E-state index contributed by atoms with van der Waals surface area (Å²) in [6.45, 7) is 4.77. The van der Waals surface area contributed by atoms with Crippen LogP contribution in [0.4, 0.5) is 5.69 Å². The molecule has 3 rings (SSSR count). The van der Waals surface area contributed by atoms with Crippen LogP contribution in [0.15, 0.2) is 40.9 Å². The molecule has 1 aliphatic carbocycles. The Bertz CT molecular complexity index is 607. The summed E-state index contributed by atoms with van der Waals surface area (Å²) in [7, 11) is 0. The van der Waals surface area contributed by atoms with Crippen molar-refractivity contribution in [3.05, 3.63) is 40.9 Å². The van der Waals surface area contributed by atoms with Gasteiger partial charge in [0, 0.05) is 16.2 Å². The van der Waals surface area contributed by atoms with E-state index < -0.39 is 0 Å². The summed E-state index contributed by atoms with van der Waals surface area (Å²) in [4.78, 5) is 0. The Morgan fingerprint density at radius 1 is 1.00 bits per heavy atom. The van der Waals surface area contributed by atoms with Crippen LogP contribution in [0.3, 0.4) is 0 Å². The number of halogens is 1. The third-order valence-corrected chi connectivity index (χ3v) is 5.35. The molecule has 0 radical (unpaired) electrons. The van der Waals surface area contributed by atoms with Crippen molar-refractivity contribution in [2.24, 2.45) is 11.8 Å². The summed E-state index contributed by atoms with van der Waals surface area (Å²) < 4.78 is 1.14. The van der Waals surface area contributed by atoms with Crippen molar-refractivity contribution >= 4 is 32.4 Å². The van der Waals surface area contributed by atoms with Crippen molar-refractivity contribution in [2.75, 3.05) is 5.32 Å². The highest BCUT2D eigenvalue weighted by Crippen LogP contribution is 2.32. The van der Waals surface area contributed by atoms with Crippen molar-refractivity contribution in [3.8, 4) is 0 Å². The molecule has 106 valence electrons. The smallest absolute Gasteiger partial charge is 0.0348 e. The number of hydrogen-bond donors (Lipinski definition) is 1. The van der Waals surface area contributed by atoms with Crippen LogP contribution in [0.25, 0.3) is 10.8 Å². The zero-order valence-electron chi connectivity index (χ0n) is 12.2. The first-order valence-electron chi connectivity index (χ1n) is 7.59. The Labute approximate surface area is 129 Å². The first-order chi connectivity index (χ1) is 9.63. The second-order valence-electron chi connectivity index (χ2n) is 6.22. The molecular formula is C18H22BrN. The molecule has 2 heteroatoms. The number of benzene rings is 2. The van der Waals surface area contributed by atoms with Gasteiger partial charge < -0.3 is 5.32 Å². The van der Waals surface area contributed by atoms with Crippen LogP contribution < -0.4 is 5.32 Å². The first kappa shape index (κ1) is 13.9. The molecule has 1 fully saturated rings. The van der Waals surface area contributed by atoms with E-state index >= 15 is 0 Å². The highest BCUT2D eigenvalue weighted by molar-refractivity contribution is 9.10. The topological polar surface area (TPSA) is 12.0 Å². The predicted octanol–water partition coefficient (Wildman–Crippen LogP) is 5.84. The third kappa shape index (κ3) is 2.85. The fourth-order valence-corrected chi connectivity index (χ4v) is 3.68. The van der Waals surface area contributed by atoms with Gasteiger partial charge in [-0.25, -0.2) is 0 Å². The van der Waals surface area contributed by atoms with Gasteiger partial charge in [0.2, 0.25) is 0 Å². The van der Waals surface area contributed by atoms with Crippen LogP contribution in [0.2, 0.25) is 0 Å². The zero-order chi connectivity index (χ0) is 14.1. The normalized spacial score (nSPS) is 26.6. The summed E-state index contributed by atoms with van der Waals surface area (Å²) in [5.74, 6) is 1.59. The van der Waals surface area contributed by atoms with E-state index in [2.05, 4.69) is 71.5 Å². The standard InChI is InChI=1S/C18H22BrN/c1-12-4-3-5-18(13(12)2)20-17-9-7-14-10-16(19)8-6-15(14)11-17/h6-13,18,20H,3-5H2,1-2H3. The van der Waals surface area contributed by atoms with Crippen molar-refractivity contribution < 1.29 is 0 Å². The molecule has 1 aliphatic rings. The molecule has 1 saturated carbocycles. The molecule has 3 unspecified atom stereocenters. The van der Waals surface area contributed by atoms with Crippen LogP contribution in [0.5, 0.6) is 0 Å². The van der Waals surface area contributed by atoms with E-state index in [0.29, 0.717) is 6.04 Å². The second kappa shape index (κ2) is 5.77. The minimum Gasteiger partial charge on any atom is -0.382 e. The molecule has 2 aromatic carbocycles. The van der Waals surface area contributed by atoms with Crippen LogP contribution in [0.1, 0.15) is 33.1 Å². The number of rotatable bonds is 2. The van der Waals surface area contributed by atoms with E-state index in [0.717, 1.165) is 16.3 Å². The molecule has 3 atom stereocenters. The number of hydrogen-bond acceptors (Lipinski definition) is 1. The predicted molar refractivity (Wildman–Crippen MR) is 91.2 cm³/mol.